The molecule has 28 heavy (non-hydrogen) atoms. The molecule has 1 aliphatic rings. The molecule has 10 heteroatoms. The number of amides is 1. The van der Waals surface area contributed by atoms with Gasteiger partial charge in [0.25, 0.3) is 15.9 Å². The van der Waals surface area contributed by atoms with E-state index in [1.54, 1.807) is 41.8 Å². The Bertz CT molecular complexity index is 957. The molecule has 0 spiro atoms. The highest BCUT2D eigenvalue weighted by atomic mass is 32.2. The maximum atomic E-state index is 13.0. The largest absolute Gasteiger partial charge is 0.497 e. The van der Waals surface area contributed by atoms with Crippen LogP contribution in [0.2, 0.25) is 0 Å². The van der Waals surface area contributed by atoms with Crippen LogP contribution in [-0.4, -0.2) is 73.5 Å². The molecule has 1 aromatic carbocycles. The van der Waals surface area contributed by atoms with E-state index in [4.69, 9.17) is 9.47 Å². The molecule has 152 valence electrons. The van der Waals surface area contributed by atoms with Gasteiger partial charge in [-0.3, -0.25) is 4.79 Å². The van der Waals surface area contributed by atoms with Gasteiger partial charge in [-0.2, -0.15) is 4.31 Å². The number of nitrogens with zero attached hydrogens (tertiary/aromatic N) is 4. The molecule has 0 atom stereocenters. The summed E-state index contributed by atoms with van der Waals surface area (Å²) >= 11 is 0. The number of aromatic nitrogens is 2. The number of aryl methyl sites for hydroxylation is 1. The van der Waals surface area contributed by atoms with E-state index in [0.717, 1.165) is 0 Å². The number of hydrogen-bond donors (Lipinski definition) is 0. The van der Waals surface area contributed by atoms with E-state index in [1.807, 2.05) is 0 Å². The van der Waals surface area contributed by atoms with Crippen molar-refractivity contribution in [1.29, 1.82) is 0 Å². The Morgan fingerprint density at radius 2 is 1.89 bits per heavy atom. The molecule has 1 aliphatic heterocycles. The molecular formula is C18H24N4O5S. The first kappa shape index (κ1) is 20.2. The zero-order valence-electron chi connectivity index (χ0n) is 16.2. The standard InChI is InChI=1S/C18H24N4O5S/c1-20-12-17(19-13-20)28(24,25)22-8-4-7-21(9-10-22)18(23)15-6-5-14(26-2)11-16(15)27-3/h5-6,11-13H,4,7-10H2,1-3H3. The summed E-state index contributed by atoms with van der Waals surface area (Å²) in [5.41, 5.74) is 0.421. The van der Waals surface area contributed by atoms with Crippen molar-refractivity contribution in [1.82, 2.24) is 18.8 Å². The molecule has 0 radical (unpaired) electrons. The van der Waals surface area contributed by atoms with Crippen LogP contribution in [0.3, 0.4) is 0 Å². The van der Waals surface area contributed by atoms with Crippen LogP contribution in [0.5, 0.6) is 11.5 Å². The monoisotopic (exact) mass is 408 g/mol. The molecule has 0 bridgehead atoms. The van der Waals surface area contributed by atoms with E-state index < -0.39 is 10.0 Å². The molecule has 1 saturated heterocycles. The minimum atomic E-state index is -3.68. The molecule has 1 fully saturated rings. The summed E-state index contributed by atoms with van der Waals surface area (Å²) in [6, 6.07) is 5.02. The highest BCUT2D eigenvalue weighted by Gasteiger charge is 2.30. The Balaban J connectivity index is 1.76. The van der Waals surface area contributed by atoms with Gasteiger partial charge < -0.3 is 18.9 Å². The fourth-order valence-corrected chi connectivity index (χ4v) is 4.57. The number of imidazole rings is 1. The summed E-state index contributed by atoms with van der Waals surface area (Å²) in [5.74, 6) is 0.819. The van der Waals surface area contributed by atoms with Crippen molar-refractivity contribution in [2.75, 3.05) is 40.4 Å². The van der Waals surface area contributed by atoms with Crippen molar-refractivity contribution in [2.24, 2.45) is 7.05 Å². The summed E-state index contributed by atoms with van der Waals surface area (Å²) in [6.07, 6.45) is 3.47. The Morgan fingerprint density at radius 1 is 1.11 bits per heavy atom. The number of hydrogen-bond acceptors (Lipinski definition) is 6. The van der Waals surface area contributed by atoms with Gasteiger partial charge in [-0.15, -0.1) is 0 Å². The number of carbonyl (C=O) groups excluding carboxylic acids is 1. The van der Waals surface area contributed by atoms with Crippen molar-refractivity contribution in [3.63, 3.8) is 0 Å². The molecule has 2 heterocycles. The Hall–Kier alpha value is -2.59. The van der Waals surface area contributed by atoms with Crippen molar-refractivity contribution >= 4 is 15.9 Å². The van der Waals surface area contributed by atoms with Crippen LogP contribution in [0.4, 0.5) is 0 Å². The van der Waals surface area contributed by atoms with E-state index in [2.05, 4.69) is 4.98 Å². The van der Waals surface area contributed by atoms with Gasteiger partial charge in [0.05, 0.1) is 26.1 Å². The number of rotatable bonds is 5. The minimum absolute atomic E-state index is 0.0200. The van der Waals surface area contributed by atoms with E-state index in [9.17, 15) is 13.2 Å². The maximum Gasteiger partial charge on any atom is 0.262 e. The number of sulfonamides is 1. The first-order valence-corrected chi connectivity index (χ1v) is 10.3. The van der Waals surface area contributed by atoms with E-state index in [1.165, 1.54) is 23.9 Å². The van der Waals surface area contributed by atoms with E-state index in [0.29, 0.717) is 43.1 Å². The van der Waals surface area contributed by atoms with Crippen molar-refractivity contribution in [3.8, 4) is 11.5 Å². The lowest BCUT2D eigenvalue weighted by molar-refractivity contribution is 0.0761. The molecule has 3 rings (SSSR count). The summed E-state index contributed by atoms with van der Waals surface area (Å²) in [6.45, 7) is 1.30. The summed E-state index contributed by atoms with van der Waals surface area (Å²) in [4.78, 5) is 18.6. The van der Waals surface area contributed by atoms with E-state index >= 15 is 0 Å². The Morgan fingerprint density at radius 3 is 2.54 bits per heavy atom. The van der Waals surface area contributed by atoms with Gasteiger partial charge in [0.15, 0.2) is 5.03 Å². The number of carbonyl (C=O) groups is 1. The molecule has 2 aromatic rings. The highest BCUT2D eigenvalue weighted by Crippen LogP contribution is 2.26. The summed E-state index contributed by atoms with van der Waals surface area (Å²) in [7, 11) is 1.08. The normalized spacial score (nSPS) is 15.9. The zero-order chi connectivity index (χ0) is 20.3. The van der Waals surface area contributed by atoms with Crippen LogP contribution in [-0.2, 0) is 17.1 Å². The van der Waals surface area contributed by atoms with Gasteiger partial charge in [0.2, 0.25) is 0 Å². The van der Waals surface area contributed by atoms with Gasteiger partial charge >= 0.3 is 0 Å². The quantitative estimate of drug-likeness (QED) is 0.732. The minimum Gasteiger partial charge on any atom is -0.497 e. The molecule has 9 nitrogen and oxygen atoms in total. The number of ether oxygens (including phenoxy) is 2. The predicted molar refractivity (Wildman–Crippen MR) is 102 cm³/mol. The van der Waals surface area contributed by atoms with Gasteiger partial charge in [0.1, 0.15) is 11.5 Å². The molecule has 0 N–H and O–H groups in total. The highest BCUT2D eigenvalue weighted by molar-refractivity contribution is 7.89. The second kappa shape index (κ2) is 8.19. The maximum absolute atomic E-state index is 13.0. The summed E-state index contributed by atoms with van der Waals surface area (Å²) in [5, 5.41) is 0.0200. The lowest BCUT2D eigenvalue weighted by atomic mass is 10.1. The fourth-order valence-electron chi connectivity index (χ4n) is 3.14. The van der Waals surface area contributed by atoms with Gasteiger partial charge in [-0.05, 0) is 18.6 Å². The zero-order valence-corrected chi connectivity index (χ0v) is 17.0. The van der Waals surface area contributed by atoms with Crippen LogP contribution < -0.4 is 9.47 Å². The van der Waals surface area contributed by atoms with Crippen LogP contribution in [0.25, 0.3) is 0 Å². The number of methoxy groups -OCH3 is 2. The fraction of sp³-hybridized carbons (Fsp3) is 0.444. The second-order valence-electron chi connectivity index (χ2n) is 6.49. The van der Waals surface area contributed by atoms with Crippen LogP contribution in [0, 0.1) is 0 Å². The lowest BCUT2D eigenvalue weighted by Crippen LogP contribution is -2.37. The van der Waals surface area contributed by atoms with E-state index in [-0.39, 0.29) is 17.5 Å². The molecular weight excluding hydrogens is 384 g/mol. The molecule has 0 unspecified atom stereocenters. The molecule has 0 saturated carbocycles. The average Bonchev–Trinajstić information content (AvgIpc) is 2.99. The first-order valence-electron chi connectivity index (χ1n) is 8.86. The van der Waals surface area contributed by atoms with Gasteiger partial charge in [0, 0.05) is 45.5 Å². The van der Waals surface area contributed by atoms with Gasteiger partial charge in [-0.25, -0.2) is 13.4 Å². The van der Waals surface area contributed by atoms with Crippen molar-refractivity contribution < 1.29 is 22.7 Å². The van der Waals surface area contributed by atoms with Crippen LogP contribution >= 0.6 is 0 Å². The topological polar surface area (TPSA) is 94.0 Å². The number of benzene rings is 1. The third-order valence-corrected chi connectivity index (χ3v) is 6.45. The lowest BCUT2D eigenvalue weighted by Gasteiger charge is -2.22. The average molecular weight is 408 g/mol. The third-order valence-electron chi connectivity index (χ3n) is 4.67. The Labute approximate surface area is 164 Å². The SMILES string of the molecule is COc1ccc(C(=O)N2CCCN(S(=O)(=O)c3cn(C)cn3)CC2)c(OC)c1. The smallest absolute Gasteiger partial charge is 0.262 e. The van der Waals surface area contributed by atoms with Crippen LogP contribution in [0.15, 0.2) is 35.7 Å². The second-order valence-corrected chi connectivity index (χ2v) is 8.38. The molecule has 1 aromatic heterocycles. The molecule has 0 aliphatic carbocycles. The Kier molecular flexibility index (Phi) is 5.90. The molecule has 1 amide bonds. The van der Waals surface area contributed by atoms with Crippen molar-refractivity contribution in [2.45, 2.75) is 11.4 Å². The first-order chi connectivity index (χ1) is 13.4. The predicted octanol–water partition coefficient (Wildman–Crippen LogP) is 0.974. The van der Waals surface area contributed by atoms with Crippen LogP contribution in [0.1, 0.15) is 16.8 Å². The third kappa shape index (κ3) is 3.97. The van der Waals surface area contributed by atoms with Crippen molar-refractivity contribution in [3.05, 3.63) is 36.3 Å². The summed E-state index contributed by atoms with van der Waals surface area (Å²) < 4.78 is 39.0. The van der Waals surface area contributed by atoms with Gasteiger partial charge in [-0.1, -0.05) is 0 Å².